The van der Waals surface area contributed by atoms with Gasteiger partial charge in [0.2, 0.25) is 5.91 Å². The van der Waals surface area contributed by atoms with Crippen LogP contribution in [-0.4, -0.2) is 55.5 Å². The van der Waals surface area contributed by atoms with E-state index < -0.39 is 0 Å². The molecular weight excluding hydrogens is 268 g/mol. The van der Waals surface area contributed by atoms with Crippen LogP contribution in [0, 0.1) is 5.92 Å². The van der Waals surface area contributed by atoms with Crippen molar-refractivity contribution in [1.29, 1.82) is 0 Å². The van der Waals surface area contributed by atoms with E-state index in [2.05, 4.69) is 17.1 Å². The molecule has 21 heavy (non-hydrogen) atoms. The van der Waals surface area contributed by atoms with Crippen LogP contribution in [0.4, 0.5) is 0 Å². The normalized spacial score (nSPS) is 33.2. The molecule has 0 aromatic rings. The first-order chi connectivity index (χ1) is 10.2. The Morgan fingerprint density at radius 1 is 1.19 bits per heavy atom. The molecule has 5 heteroatoms. The highest BCUT2D eigenvalue weighted by molar-refractivity contribution is 5.78. The fourth-order valence-corrected chi connectivity index (χ4v) is 3.82. The van der Waals surface area contributed by atoms with Gasteiger partial charge in [-0.05, 0) is 18.8 Å². The van der Waals surface area contributed by atoms with Crippen LogP contribution in [0.15, 0.2) is 0 Å². The fraction of sp³-hybridized carbons (Fsp3) is 0.938. The van der Waals surface area contributed by atoms with Crippen molar-refractivity contribution in [3.05, 3.63) is 0 Å². The molecule has 1 spiro atoms. The summed E-state index contributed by atoms with van der Waals surface area (Å²) in [6.07, 6.45) is 6.68. The van der Waals surface area contributed by atoms with Gasteiger partial charge in [0.15, 0.2) is 5.79 Å². The number of ether oxygens (including phenoxy) is 2. The molecule has 0 aromatic carbocycles. The maximum Gasteiger partial charge on any atom is 0.234 e. The van der Waals surface area contributed by atoms with Gasteiger partial charge in [0.25, 0.3) is 0 Å². The van der Waals surface area contributed by atoms with Crippen LogP contribution >= 0.6 is 0 Å². The first-order valence-electron chi connectivity index (χ1n) is 8.46. The molecule has 2 aliphatic heterocycles. The molecule has 2 atom stereocenters. The van der Waals surface area contributed by atoms with Crippen molar-refractivity contribution in [2.24, 2.45) is 5.92 Å². The third-order valence-corrected chi connectivity index (χ3v) is 5.26. The Morgan fingerprint density at radius 3 is 2.52 bits per heavy atom. The quantitative estimate of drug-likeness (QED) is 0.858. The predicted molar refractivity (Wildman–Crippen MR) is 79.9 cm³/mol. The van der Waals surface area contributed by atoms with E-state index in [1.54, 1.807) is 0 Å². The maximum absolute atomic E-state index is 12.2. The van der Waals surface area contributed by atoms with Gasteiger partial charge < -0.3 is 14.8 Å². The zero-order valence-corrected chi connectivity index (χ0v) is 13.1. The molecule has 1 N–H and O–H groups in total. The molecule has 1 saturated carbocycles. The summed E-state index contributed by atoms with van der Waals surface area (Å²) < 4.78 is 11.4. The topological polar surface area (TPSA) is 50.8 Å². The molecule has 1 amide bonds. The molecular formula is C16H28N2O3. The van der Waals surface area contributed by atoms with E-state index in [1.807, 2.05) is 0 Å². The number of hydrogen-bond donors (Lipinski definition) is 1. The van der Waals surface area contributed by atoms with Crippen LogP contribution in [-0.2, 0) is 14.3 Å². The Bertz CT molecular complexity index is 359. The second-order valence-corrected chi connectivity index (χ2v) is 6.82. The van der Waals surface area contributed by atoms with Crippen molar-refractivity contribution in [2.75, 3.05) is 32.8 Å². The van der Waals surface area contributed by atoms with Gasteiger partial charge in [0.1, 0.15) is 0 Å². The van der Waals surface area contributed by atoms with Crippen LogP contribution < -0.4 is 5.32 Å². The summed E-state index contributed by atoms with van der Waals surface area (Å²) in [6.45, 7) is 5.95. The second kappa shape index (κ2) is 6.63. The minimum atomic E-state index is -0.342. The van der Waals surface area contributed by atoms with Gasteiger partial charge in [0, 0.05) is 32.0 Å². The van der Waals surface area contributed by atoms with Crippen molar-refractivity contribution in [3.8, 4) is 0 Å². The van der Waals surface area contributed by atoms with Gasteiger partial charge in [0.05, 0.1) is 19.8 Å². The average molecular weight is 296 g/mol. The Labute approximate surface area is 127 Å². The van der Waals surface area contributed by atoms with Crippen molar-refractivity contribution < 1.29 is 14.3 Å². The highest BCUT2D eigenvalue weighted by Crippen LogP contribution is 2.31. The summed E-state index contributed by atoms with van der Waals surface area (Å²) in [5, 5.41) is 3.23. The number of carbonyl (C=O) groups is 1. The largest absolute Gasteiger partial charge is 0.352 e. The van der Waals surface area contributed by atoms with E-state index in [1.165, 1.54) is 19.3 Å². The van der Waals surface area contributed by atoms with Gasteiger partial charge in [-0.25, -0.2) is 0 Å². The zero-order valence-electron chi connectivity index (χ0n) is 13.1. The van der Waals surface area contributed by atoms with Gasteiger partial charge in [-0.2, -0.15) is 0 Å². The molecule has 0 radical (unpaired) electrons. The Morgan fingerprint density at radius 2 is 1.86 bits per heavy atom. The van der Waals surface area contributed by atoms with Crippen LogP contribution in [0.5, 0.6) is 0 Å². The van der Waals surface area contributed by atoms with E-state index in [9.17, 15) is 4.79 Å². The van der Waals surface area contributed by atoms with E-state index in [-0.39, 0.29) is 11.7 Å². The molecule has 3 fully saturated rings. The molecule has 0 unspecified atom stereocenters. The van der Waals surface area contributed by atoms with Crippen molar-refractivity contribution in [3.63, 3.8) is 0 Å². The lowest BCUT2D eigenvalue weighted by atomic mass is 9.86. The van der Waals surface area contributed by atoms with E-state index >= 15 is 0 Å². The van der Waals surface area contributed by atoms with Gasteiger partial charge in [-0.1, -0.05) is 19.8 Å². The summed E-state index contributed by atoms with van der Waals surface area (Å²) in [5.74, 6) is 0.454. The number of piperidine rings is 1. The van der Waals surface area contributed by atoms with E-state index in [4.69, 9.17) is 9.47 Å². The molecule has 120 valence electrons. The lowest BCUT2D eigenvalue weighted by Gasteiger charge is -2.37. The summed E-state index contributed by atoms with van der Waals surface area (Å²) in [4.78, 5) is 14.4. The zero-order chi connectivity index (χ0) is 14.7. The van der Waals surface area contributed by atoms with E-state index in [0.717, 1.165) is 32.4 Å². The van der Waals surface area contributed by atoms with Gasteiger partial charge >= 0.3 is 0 Å². The van der Waals surface area contributed by atoms with Gasteiger partial charge in [-0.3, -0.25) is 9.69 Å². The average Bonchev–Trinajstić information content (AvgIpc) is 2.93. The summed E-state index contributed by atoms with van der Waals surface area (Å²) in [6, 6.07) is 0.379. The first-order valence-corrected chi connectivity index (χ1v) is 8.46. The molecule has 3 rings (SSSR count). The Hall–Kier alpha value is -0.650. The molecule has 2 heterocycles. The minimum absolute atomic E-state index is 0.179. The number of likely N-dealkylation sites (tertiary alicyclic amines) is 1. The number of rotatable bonds is 3. The third-order valence-electron chi connectivity index (χ3n) is 5.26. The highest BCUT2D eigenvalue weighted by atomic mass is 16.7. The first kappa shape index (κ1) is 15.3. The van der Waals surface area contributed by atoms with Crippen molar-refractivity contribution in [1.82, 2.24) is 10.2 Å². The van der Waals surface area contributed by atoms with Crippen molar-refractivity contribution >= 4 is 5.91 Å². The summed E-state index contributed by atoms with van der Waals surface area (Å²) in [5.41, 5.74) is 0. The fourth-order valence-electron chi connectivity index (χ4n) is 3.82. The van der Waals surface area contributed by atoms with E-state index in [0.29, 0.717) is 31.7 Å². The number of amides is 1. The molecule has 5 nitrogen and oxygen atoms in total. The molecule has 1 aliphatic carbocycles. The lowest BCUT2D eigenvalue weighted by molar-refractivity contribution is -0.185. The minimum Gasteiger partial charge on any atom is -0.352 e. The van der Waals surface area contributed by atoms with Gasteiger partial charge in [-0.15, -0.1) is 0 Å². The summed E-state index contributed by atoms with van der Waals surface area (Å²) >= 11 is 0. The standard InChI is InChI=1S/C16H28N2O3/c1-13-4-2-3-5-14(13)17-15(19)12-18-8-6-16(7-9-18)20-10-11-21-16/h13-14H,2-12H2,1H3,(H,17,19)/t13-,14+/m1/s1. The lowest BCUT2D eigenvalue weighted by Crippen LogP contribution is -2.50. The molecule has 0 bridgehead atoms. The number of carbonyl (C=O) groups excluding carboxylic acids is 1. The summed E-state index contributed by atoms with van der Waals surface area (Å²) in [7, 11) is 0. The Balaban J connectivity index is 1.41. The van der Waals surface area contributed by atoms with Crippen LogP contribution in [0.2, 0.25) is 0 Å². The third kappa shape index (κ3) is 3.76. The van der Waals surface area contributed by atoms with Crippen LogP contribution in [0.1, 0.15) is 45.4 Å². The number of nitrogens with one attached hydrogen (secondary N) is 1. The molecule has 0 aromatic heterocycles. The number of hydrogen-bond acceptors (Lipinski definition) is 4. The Kier molecular flexibility index (Phi) is 4.82. The highest BCUT2D eigenvalue weighted by Gasteiger charge is 2.40. The monoisotopic (exact) mass is 296 g/mol. The SMILES string of the molecule is C[C@@H]1CCCC[C@@H]1NC(=O)CN1CCC2(CC1)OCCO2. The molecule has 2 saturated heterocycles. The van der Waals surface area contributed by atoms with Crippen LogP contribution in [0.3, 0.4) is 0 Å². The second-order valence-electron chi connectivity index (χ2n) is 6.82. The predicted octanol–water partition coefficient (Wildman–Crippen LogP) is 1.52. The van der Waals surface area contributed by atoms with Crippen LogP contribution in [0.25, 0.3) is 0 Å². The number of nitrogens with zero attached hydrogens (tertiary/aromatic N) is 1. The molecule has 3 aliphatic rings. The smallest absolute Gasteiger partial charge is 0.234 e. The van der Waals surface area contributed by atoms with Crippen molar-refractivity contribution in [2.45, 2.75) is 57.3 Å². The maximum atomic E-state index is 12.2.